The van der Waals surface area contributed by atoms with Crippen LogP contribution in [0.25, 0.3) is 0 Å². The van der Waals surface area contributed by atoms with Crippen LogP contribution in [0.1, 0.15) is 24.9 Å². The first kappa shape index (κ1) is 8.08. The summed E-state index contributed by atoms with van der Waals surface area (Å²) >= 11 is 0. The Kier molecular flexibility index (Phi) is 2.49. The van der Waals surface area contributed by atoms with E-state index in [2.05, 4.69) is 0 Å². The van der Waals surface area contributed by atoms with E-state index in [0.717, 1.165) is 12.0 Å². The molecule has 0 radical (unpaired) electrons. The summed E-state index contributed by atoms with van der Waals surface area (Å²) < 4.78 is 0. The third-order valence-electron chi connectivity index (χ3n) is 1.78. The van der Waals surface area contributed by atoms with Gasteiger partial charge < -0.3 is 10.8 Å². The molecule has 1 aromatic rings. The van der Waals surface area contributed by atoms with Crippen LogP contribution >= 0.6 is 0 Å². The Morgan fingerprint density at radius 1 is 1.45 bits per heavy atom. The molecule has 1 unspecified atom stereocenters. The first-order valence-electron chi connectivity index (χ1n) is 3.79. The van der Waals surface area contributed by atoms with E-state index in [0.29, 0.717) is 5.75 Å². The first-order chi connectivity index (χ1) is 5.25. The van der Waals surface area contributed by atoms with E-state index in [9.17, 15) is 5.11 Å². The maximum Gasteiger partial charge on any atom is 0.120 e. The summed E-state index contributed by atoms with van der Waals surface area (Å²) in [5.41, 5.74) is 6.56. The van der Waals surface area contributed by atoms with Crippen molar-refractivity contribution in [2.45, 2.75) is 19.4 Å². The molecule has 0 aromatic heterocycles. The van der Waals surface area contributed by atoms with Crippen LogP contribution in [-0.4, -0.2) is 5.11 Å². The van der Waals surface area contributed by atoms with Gasteiger partial charge in [-0.05, 0) is 12.5 Å². The molecule has 1 atom stereocenters. The lowest BCUT2D eigenvalue weighted by Crippen LogP contribution is -2.08. The Balaban J connectivity index is 2.93. The Morgan fingerprint density at radius 3 is 2.64 bits per heavy atom. The first-order valence-corrected chi connectivity index (χ1v) is 3.79. The zero-order valence-corrected chi connectivity index (χ0v) is 6.62. The minimum absolute atomic E-state index is 0.0452. The fourth-order valence-electron chi connectivity index (χ4n) is 1.02. The molecular formula is C9H13NO. The van der Waals surface area contributed by atoms with Crippen molar-refractivity contribution in [3.8, 4) is 5.75 Å². The van der Waals surface area contributed by atoms with Gasteiger partial charge in [0.15, 0.2) is 0 Å². The molecule has 0 amide bonds. The van der Waals surface area contributed by atoms with Crippen LogP contribution in [0.4, 0.5) is 0 Å². The SMILES string of the molecule is CCC(N)c1ccccc1O. The summed E-state index contributed by atoms with van der Waals surface area (Å²) in [6.45, 7) is 2.00. The van der Waals surface area contributed by atoms with Gasteiger partial charge >= 0.3 is 0 Å². The maximum atomic E-state index is 9.33. The van der Waals surface area contributed by atoms with Crippen molar-refractivity contribution in [3.05, 3.63) is 29.8 Å². The Labute approximate surface area is 66.7 Å². The molecule has 0 fully saturated rings. The minimum Gasteiger partial charge on any atom is -0.508 e. The number of nitrogens with two attached hydrogens (primary N) is 1. The van der Waals surface area contributed by atoms with E-state index in [-0.39, 0.29) is 6.04 Å². The highest BCUT2D eigenvalue weighted by atomic mass is 16.3. The molecule has 11 heavy (non-hydrogen) atoms. The fraction of sp³-hybridized carbons (Fsp3) is 0.333. The molecule has 2 nitrogen and oxygen atoms in total. The number of phenols is 1. The third-order valence-corrected chi connectivity index (χ3v) is 1.78. The molecule has 0 spiro atoms. The van der Waals surface area contributed by atoms with E-state index in [1.54, 1.807) is 12.1 Å². The summed E-state index contributed by atoms with van der Waals surface area (Å²) in [6.07, 6.45) is 0.845. The molecule has 0 saturated carbocycles. The zero-order chi connectivity index (χ0) is 8.27. The van der Waals surface area contributed by atoms with Gasteiger partial charge in [-0.15, -0.1) is 0 Å². The molecule has 1 rings (SSSR count). The highest BCUT2D eigenvalue weighted by molar-refractivity contribution is 5.34. The number of hydrogen-bond acceptors (Lipinski definition) is 2. The highest BCUT2D eigenvalue weighted by Crippen LogP contribution is 2.23. The van der Waals surface area contributed by atoms with Crippen LogP contribution in [0.5, 0.6) is 5.75 Å². The second-order valence-electron chi connectivity index (χ2n) is 2.57. The molecular weight excluding hydrogens is 138 g/mol. The summed E-state index contributed by atoms with van der Waals surface area (Å²) in [4.78, 5) is 0. The number of aromatic hydroxyl groups is 1. The van der Waals surface area contributed by atoms with Crippen molar-refractivity contribution < 1.29 is 5.11 Å². The Morgan fingerprint density at radius 2 is 2.09 bits per heavy atom. The molecule has 0 saturated heterocycles. The van der Waals surface area contributed by atoms with Crippen LogP contribution < -0.4 is 5.73 Å². The van der Waals surface area contributed by atoms with Gasteiger partial charge in [0.2, 0.25) is 0 Å². The topological polar surface area (TPSA) is 46.2 Å². The van der Waals surface area contributed by atoms with Crippen LogP contribution in [-0.2, 0) is 0 Å². The second-order valence-corrected chi connectivity index (χ2v) is 2.57. The van der Waals surface area contributed by atoms with Crippen molar-refractivity contribution >= 4 is 0 Å². The van der Waals surface area contributed by atoms with Crippen LogP contribution in [0.3, 0.4) is 0 Å². The average molecular weight is 151 g/mol. The Hall–Kier alpha value is -1.02. The van der Waals surface area contributed by atoms with Crippen LogP contribution in [0.15, 0.2) is 24.3 Å². The van der Waals surface area contributed by atoms with Gasteiger partial charge in [-0.2, -0.15) is 0 Å². The predicted octanol–water partition coefficient (Wildman–Crippen LogP) is 1.80. The molecule has 0 aliphatic rings. The molecule has 60 valence electrons. The number of para-hydroxylation sites is 1. The molecule has 0 bridgehead atoms. The third kappa shape index (κ3) is 1.71. The quantitative estimate of drug-likeness (QED) is 0.677. The van der Waals surface area contributed by atoms with Gasteiger partial charge in [-0.3, -0.25) is 0 Å². The van der Waals surface area contributed by atoms with E-state index in [1.807, 2.05) is 19.1 Å². The molecule has 0 heterocycles. The standard InChI is InChI=1S/C9H13NO/c1-2-8(10)7-5-3-4-6-9(7)11/h3-6,8,11H,2,10H2,1H3. The van der Waals surface area contributed by atoms with Gasteiger partial charge in [-0.1, -0.05) is 25.1 Å². The lowest BCUT2D eigenvalue weighted by molar-refractivity contribution is 0.460. The lowest BCUT2D eigenvalue weighted by atomic mass is 10.0. The molecule has 2 heteroatoms. The monoisotopic (exact) mass is 151 g/mol. The van der Waals surface area contributed by atoms with E-state index in [4.69, 9.17) is 5.73 Å². The second kappa shape index (κ2) is 3.39. The van der Waals surface area contributed by atoms with Crippen LogP contribution in [0, 0.1) is 0 Å². The molecule has 0 aliphatic carbocycles. The fourth-order valence-corrected chi connectivity index (χ4v) is 1.02. The van der Waals surface area contributed by atoms with Crippen molar-refractivity contribution in [3.63, 3.8) is 0 Å². The number of phenolic OH excluding ortho intramolecular Hbond substituents is 1. The van der Waals surface area contributed by atoms with Gasteiger partial charge in [0.1, 0.15) is 5.75 Å². The molecule has 1 aromatic carbocycles. The molecule has 3 N–H and O–H groups in total. The lowest BCUT2D eigenvalue weighted by Gasteiger charge is -2.09. The normalized spacial score (nSPS) is 12.9. The summed E-state index contributed by atoms with van der Waals surface area (Å²) in [7, 11) is 0. The van der Waals surface area contributed by atoms with Gasteiger partial charge in [0.05, 0.1) is 0 Å². The van der Waals surface area contributed by atoms with E-state index >= 15 is 0 Å². The molecule has 0 aliphatic heterocycles. The smallest absolute Gasteiger partial charge is 0.120 e. The minimum atomic E-state index is -0.0452. The van der Waals surface area contributed by atoms with Gasteiger partial charge in [0.25, 0.3) is 0 Å². The summed E-state index contributed by atoms with van der Waals surface area (Å²) in [5.74, 6) is 0.293. The maximum absolute atomic E-state index is 9.33. The average Bonchev–Trinajstić information content (AvgIpc) is 2.04. The number of benzene rings is 1. The van der Waals surface area contributed by atoms with Crippen molar-refractivity contribution in [2.24, 2.45) is 5.73 Å². The van der Waals surface area contributed by atoms with Gasteiger partial charge in [0, 0.05) is 11.6 Å². The highest BCUT2D eigenvalue weighted by Gasteiger charge is 2.06. The van der Waals surface area contributed by atoms with Crippen molar-refractivity contribution in [1.29, 1.82) is 0 Å². The zero-order valence-electron chi connectivity index (χ0n) is 6.62. The predicted molar refractivity (Wildman–Crippen MR) is 45.3 cm³/mol. The summed E-state index contributed by atoms with van der Waals surface area (Å²) in [6, 6.07) is 7.14. The van der Waals surface area contributed by atoms with Crippen LogP contribution in [0.2, 0.25) is 0 Å². The van der Waals surface area contributed by atoms with Gasteiger partial charge in [-0.25, -0.2) is 0 Å². The van der Waals surface area contributed by atoms with E-state index in [1.165, 1.54) is 0 Å². The van der Waals surface area contributed by atoms with Crippen molar-refractivity contribution in [2.75, 3.05) is 0 Å². The van der Waals surface area contributed by atoms with Crippen molar-refractivity contribution in [1.82, 2.24) is 0 Å². The largest absolute Gasteiger partial charge is 0.508 e. The Bertz CT molecular complexity index is 235. The van der Waals surface area contributed by atoms with E-state index < -0.39 is 0 Å². The number of hydrogen-bond donors (Lipinski definition) is 2. The summed E-state index contributed by atoms with van der Waals surface area (Å²) in [5, 5.41) is 9.33. The number of rotatable bonds is 2.